The molecule has 0 atom stereocenters. The van der Waals surface area contributed by atoms with Gasteiger partial charge in [-0.15, -0.1) is 11.6 Å². The van der Waals surface area contributed by atoms with Crippen LogP contribution in [0.5, 0.6) is 0 Å². The van der Waals surface area contributed by atoms with Gasteiger partial charge in [0.05, 0.1) is 5.88 Å². The van der Waals surface area contributed by atoms with Gasteiger partial charge >= 0.3 is 0 Å². The summed E-state index contributed by atoms with van der Waals surface area (Å²) in [7, 11) is 2.06. The Bertz CT molecular complexity index is 513. The minimum absolute atomic E-state index is 0.480. The molecule has 0 bridgehead atoms. The molecule has 2 nitrogen and oxygen atoms in total. The number of pyridine rings is 1. The predicted octanol–water partition coefficient (Wildman–Crippen LogP) is 4.22. The van der Waals surface area contributed by atoms with E-state index in [4.69, 9.17) is 11.6 Å². The summed E-state index contributed by atoms with van der Waals surface area (Å²) in [6.45, 7) is 0.848. The average molecular weight is 326 g/mol. The Kier molecular flexibility index (Phi) is 4.61. The summed E-state index contributed by atoms with van der Waals surface area (Å²) in [5, 5.41) is 0. The van der Waals surface area contributed by atoms with E-state index in [2.05, 4.69) is 57.1 Å². The second-order valence-corrected chi connectivity index (χ2v) is 5.30. The van der Waals surface area contributed by atoms with E-state index in [0.717, 1.165) is 22.3 Å². The summed E-state index contributed by atoms with van der Waals surface area (Å²) < 4.78 is 1.10. The van der Waals surface area contributed by atoms with Crippen LogP contribution < -0.4 is 4.90 Å². The number of halogens is 2. The fourth-order valence-electron chi connectivity index (χ4n) is 1.84. The molecule has 0 saturated carbocycles. The SMILES string of the molecule is CN(Cc1ccc(Br)cc1)c1ccncc1CCl. The first-order valence-corrected chi connectivity index (χ1v) is 6.98. The third-order valence-electron chi connectivity index (χ3n) is 2.77. The Morgan fingerprint density at radius 3 is 2.61 bits per heavy atom. The van der Waals surface area contributed by atoms with E-state index in [1.807, 2.05) is 12.3 Å². The van der Waals surface area contributed by atoms with Crippen molar-refractivity contribution >= 4 is 33.2 Å². The Labute approximate surface area is 121 Å². The van der Waals surface area contributed by atoms with E-state index < -0.39 is 0 Å². The molecule has 0 radical (unpaired) electrons. The summed E-state index contributed by atoms with van der Waals surface area (Å²) in [5.74, 6) is 0.480. The highest BCUT2D eigenvalue weighted by atomic mass is 79.9. The first-order valence-electron chi connectivity index (χ1n) is 5.65. The van der Waals surface area contributed by atoms with Gasteiger partial charge in [0, 0.05) is 41.7 Å². The molecular formula is C14H14BrClN2. The van der Waals surface area contributed by atoms with Crippen LogP contribution in [0.25, 0.3) is 0 Å². The van der Waals surface area contributed by atoms with Gasteiger partial charge in [-0.3, -0.25) is 4.98 Å². The largest absolute Gasteiger partial charge is 0.370 e. The lowest BCUT2D eigenvalue weighted by Gasteiger charge is -2.21. The summed E-state index contributed by atoms with van der Waals surface area (Å²) in [6.07, 6.45) is 3.61. The van der Waals surface area contributed by atoms with Gasteiger partial charge in [-0.1, -0.05) is 28.1 Å². The number of rotatable bonds is 4. The van der Waals surface area contributed by atoms with Crippen LogP contribution in [-0.4, -0.2) is 12.0 Å². The van der Waals surface area contributed by atoms with E-state index >= 15 is 0 Å². The second-order valence-electron chi connectivity index (χ2n) is 4.12. The summed E-state index contributed by atoms with van der Waals surface area (Å²) in [5.41, 5.74) is 3.44. The molecule has 0 unspecified atom stereocenters. The van der Waals surface area contributed by atoms with Crippen molar-refractivity contribution in [3.8, 4) is 0 Å². The normalized spacial score (nSPS) is 10.4. The van der Waals surface area contributed by atoms with Crippen molar-refractivity contribution in [2.24, 2.45) is 0 Å². The van der Waals surface area contributed by atoms with Crippen LogP contribution in [0.1, 0.15) is 11.1 Å². The quantitative estimate of drug-likeness (QED) is 0.782. The molecule has 18 heavy (non-hydrogen) atoms. The molecule has 0 saturated heterocycles. The molecule has 2 rings (SSSR count). The lowest BCUT2D eigenvalue weighted by Crippen LogP contribution is -2.17. The van der Waals surface area contributed by atoms with Gasteiger partial charge in [0.2, 0.25) is 0 Å². The Morgan fingerprint density at radius 2 is 1.94 bits per heavy atom. The third-order valence-corrected chi connectivity index (χ3v) is 3.58. The van der Waals surface area contributed by atoms with Gasteiger partial charge in [-0.2, -0.15) is 0 Å². The lowest BCUT2D eigenvalue weighted by atomic mass is 10.2. The Morgan fingerprint density at radius 1 is 1.22 bits per heavy atom. The van der Waals surface area contributed by atoms with Gasteiger partial charge in [0.1, 0.15) is 0 Å². The number of hydrogen-bond acceptors (Lipinski definition) is 2. The van der Waals surface area contributed by atoms with Crippen molar-refractivity contribution in [3.63, 3.8) is 0 Å². The van der Waals surface area contributed by atoms with E-state index in [1.165, 1.54) is 5.56 Å². The number of aromatic nitrogens is 1. The maximum atomic E-state index is 5.93. The Balaban J connectivity index is 2.16. The summed E-state index contributed by atoms with van der Waals surface area (Å²) >= 11 is 9.37. The maximum absolute atomic E-state index is 5.93. The smallest absolute Gasteiger partial charge is 0.0509 e. The zero-order chi connectivity index (χ0) is 13.0. The fourth-order valence-corrected chi connectivity index (χ4v) is 2.31. The zero-order valence-electron chi connectivity index (χ0n) is 10.1. The standard InChI is InChI=1S/C14H14BrClN2/c1-18(10-11-2-4-13(15)5-3-11)14-6-7-17-9-12(14)8-16/h2-7,9H,8,10H2,1H3. The van der Waals surface area contributed by atoms with Crippen LogP contribution >= 0.6 is 27.5 Å². The third kappa shape index (κ3) is 3.24. The van der Waals surface area contributed by atoms with Gasteiger partial charge in [0.15, 0.2) is 0 Å². The highest BCUT2D eigenvalue weighted by molar-refractivity contribution is 9.10. The predicted molar refractivity (Wildman–Crippen MR) is 80.0 cm³/mol. The minimum atomic E-state index is 0.480. The molecule has 0 spiro atoms. The van der Waals surface area contributed by atoms with E-state index in [1.54, 1.807) is 6.20 Å². The number of nitrogens with zero attached hydrogens (tertiary/aromatic N) is 2. The fraction of sp³-hybridized carbons (Fsp3) is 0.214. The molecule has 2 aromatic rings. The molecule has 0 amide bonds. The Hall–Kier alpha value is -1.06. The van der Waals surface area contributed by atoms with Crippen molar-refractivity contribution < 1.29 is 0 Å². The van der Waals surface area contributed by atoms with Crippen molar-refractivity contribution in [1.29, 1.82) is 0 Å². The van der Waals surface area contributed by atoms with Crippen LogP contribution in [0, 0.1) is 0 Å². The van der Waals surface area contributed by atoms with Crippen molar-refractivity contribution in [2.75, 3.05) is 11.9 Å². The minimum Gasteiger partial charge on any atom is -0.370 e. The maximum Gasteiger partial charge on any atom is 0.0509 e. The van der Waals surface area contributed by atoms with E-state index in [-0.39, 0.29) is 0 Å². The van der Waals surface area contributed by atoms with Crippen LogP contribution in [0.3, 0.4) is 0 Å². The topological polar surface area (TPSA) is 16.1 Å². The van der Waals surface area contributed by atoms with Crippen molar-refractivity contribution in [1.82, 2.24) is 4.98 Å². The molecule has 4 heteroatoms. The van der Waals surface area contributed by atoms with Crippen molar-refractivity contribution in [3.05, 3.63) is 58.3 Å². The highest BCUT2D eigenvalue weighted by Crippen LogP contribution is 2.22. The van der Waals surface area contributed by atoms with Gasteiger partial charge in [-0.25, -0.2) is 0 Å². The average Bonchev–Trinajstić information content (AvgIpc) is 2.41. The van der Waals surface area contributed by atoms with Gasteiger partial charge in [0.25, 0.3) is 0 Å². The zero-order valence-corrected chi connectivity index (χ0v) is 12.4. The van der Waals surface area contributed by atoms with Gasteiger partial charge in [-0.05, 0) is 23.8 Å². The second kappa shape index (κ2) is 6.21. The molecule has 0 aliphatic heterocycles. The van der Waals surface area contributed by atoms with E-state index in [0.29, 0.717) is 5.88 Å². The van der Waals surface area contributed by atoms with Crippen LogP contribution in [-0.2, 0) is 12.4 Å². The number of anilines is 1. The monoisotopic (exact) mass is 324 g/mol. The molecule has 1 aromatic heterocycles. The van der Waals surface area contributed by atoms with Gasteiger partial charge < -0.3 is 4.90 Å². The van der Waals surface area contributed by atoms with Crippen molar-refractivity contribution in [2.45, 2.75) is 12.4 Å². The molecular weight excluding hydrogens is 312 g/mol. The van der Waals surface area contributed by atoms with Crippen LogP contribution in [0.4, 0.5) is 5.69 Å². The molecule has 0 aliphatic rings. The van der Waals surface area contributed by atoms with Crippen LogP contribution in [0.15, 0.2) is 47.2 Å². The molecule has 1 aromatic carbocycles. The first-order chi connectivity index (χ1) is 8.70. The first kappa shape index (κ1) is 13.4. The molecule has 0 aliphatic carbocycles. The number of hydrogen-bond donors (Lipinski definition) is 0. The molecule has 0 fully saturated rings. The lowest BCUT2D eigenvalue weighted by molar-refractivity contribution is 0.912. The van der Waals surface area contributed by atoms with E-state index in [9.17, 15) is 0 Å². The molecule has 1 heterocycles. The number of alkyl halides is 1. The summed E-state index contributed by atoms with van der Waals surface area (Å²) in [4.78, 5) is 6.28. The molecule has 94 valence electrons. The highest BCUT2D eigenvalue weighted by Gasteiger charge is 2.07. The van der Waals surface area contributed by atoms with Crippen LogP contribution in [0.2, 0.25) is 0 Å². The summed E-state index contributed by atoms with van der Waals surface area (Å²) in [6, 6.07) is 10.3. The number of benzene rings is 1. The molecule has 0 N–H and O–H groups in total.